The van der Waals surface area contributed by atoms with Gasteiger partial charge in [0.1, 0.15) is 6.04 Å². The van der Waals surface area contributed by atoms with Gasteiger partial charge in [-0.05, 0) is 24.5 Å². The van der Waals surface area contributed by atoms with Crippen molar-refractivity contribution in [1.29, 1.82) is 0 Å². The van der Waals surface area contributed by atoms with E-state index < -0.39 is 18.0 Å². The molecule has 2 aromatic rings. The molecule has 1 aromatic heterocycles. The van der Waals surface area contributed by atoms with E-state index in [0.29, 0.717) is 44.2 Å². The number of aromatic nitrogens is 1. The van der Waals surface area contributed by atoms with Crippen molar-refractivity contribution in [2.75, 3.05) is 31.5 Å². The second-order valence-corrected chi connectivity index (χ2v) is 9.48. The molecule has 196 valence electrons. The molecule has 0 spiro atoms. The maximum atomic E-state index is 13.3. The summed E-state index contributed by atoms with van der Waals surface area (Å²) in [7, 11) is 0. The Hall–Kier alpha value is -3.08. The molecule has 1 heterocycles. The van der Waals surface area contributed by atoms with Crippen LogP contribution in [-0.2, 0) is 14.4 Å². The molecule has 36 heavy (non-hydrogen) atoms. The zero-order valence-electron chi connectivity index (χ0n) is 20.8. The molecule has 0 saturated heterocycles. The van der Waals surface area contributed by atoms with Gasteiger partial charge in [-0.15, -0.1) is 0 Å². The third kappa shape index (κ3) is 7.97. The molecular weight excluding hydrogens is 458 g/mol. The van der Waals surface area contributed by atoms with E-state index in [-0.39, 0.29) is 18.2 Å². The highest BCUT2D eigenvalue weighted by Crippen LogP contribution is 2.28. The molecule has 1 aromatic carbocycles. The van der Waals surface area contributed by atoms with E-state index >= 15 is 0 Å². The number of pyridine rings is 1. The lowest BCUT2D eigenvalue weighted by molar-refractivity contribution is -0.134. The van der Waals surface area contributed by atoms with Crippen molar-refractivity contribution in [3.8, 4) is 0 Å². The number of anilines is 1. The Bertz CT molecular complexity index is 1020. The Morgan fingerprint density at radius 3 is 2.42 bits per heavy atom. The monoisotopic (exact) mass is 497 g/mol. The van der Waals surface area contributed by atoms with Crippen LogP contribution in [0, 0.1) is 5.92 Å². The maximum absolute atomic E-state index is 13.3. The van der Waals surface area contributed by atoms with Crippen molar-refractivity contribution >= 4 is 34.3 Å². The van der Waals surface area contributed by atoms with Gasteiger partial charge in [-0.1, -0.05) is 50.3 Å². The van der Waals surface area contributed by atoms with Gasteiger partial charge in [-0.25, -0.2) is 0 Å². The van der Waals surface area contributed by atoms with Gasteiger partial charge in [0.05, 0.1) is 29.9 Å². The second-order valence-electron chi connectivity index (χ2n) is 9.48. The van der Waals surface area contributed by atoms with Gasteiger partial charge in [0.2, 0.25) is 17.7 Å². The van der Waals surface area contributed by atoms with Crippen LogP contribution >= 0.6 is 0 Å². The number of fused-ring (bicyclic) bond motifs is 1. The number of carbonyl (C=O) groups excluding carboxylic acids is 3. The highest BCUT2D eigenvalue weighted by atomic mass is 16.2. The van der Waals surface area contributed by atoms with Crippen LogP contribution in [0.5, 0.6) is 0 Å². The molecule has 1 fully saturated rings. The lowest BCUT2D eigenvalue weighted by atomic mass is 9.84. The summed E-state index contributed by atoms with van der Waals surface area (Å²) < 4.78 is 0. The number of benzene rings is 1. The van der Waals surface area contributed by atoms with Crippen LogP contribution in [0.4, 0.5) is 5.69 Å². The van der Waals surface area contributed by atoms with Gasteiger partial charge in [0.25, 0.3) is 0 Å². The number of nitrogens with two attached hydrogens (primary N) is 3. The molecule has 3 amide bonds. The molecule has 0 bridgehead atoms. The van der Waals surface area contributed by atoms with E-state index in [1.54, 1.807) is 6.20 Å². The van der Waals surface area contributed by atoms with Crippen molar-refractivity contribution in [3.63, 3.8) is 0 Å². The summed E-state index contributed by atoms with van der Waals surface area (Å²) >= 11 is 0. The quantitative estimate of drug-likeness (QED) is 0.292. The van der Waals surface area contributed by atoms with Crippen LogP contribution in [0.15, 0.2) is 36.5 Å². The topological polar surface area (TPSA) is 169 Å². The van der Waals surface area contributed by atoms with E-state index in [9.17, 15) is 14.4 Å². The molecule has 0 aliphatic heterocycles. The first-order chi connectivity index (χ1) is 17.4. The number of para-hydroxylation sites is 1. The number of amides is 3. The van der Waals surface area contributed by atoms with Gasteiger partial charge in [-0.3, -0.25) is 19.4 Å². The fourth-order valence-electron chi connectivity index (χ4n) is 4.72. The molecule has 0 radical (unpaired) electrons. The van der Waals surface area contributed by atoms with Crippen LogP contribution in [0.25, 0.3) is 10.9 Å². The number of hydrogen-bond acceptors (Lipinski definition) is 7. The second kappa shape index (κ2) is 13.9. The lowest BCUT2D eigenvalue weighted by Crippen LogP contribution is -2.52. The third-order valence-electron chi connectivity index (χ3n) is 6.67. The van der Waals surface area contributed by atoms with E-state index in [1.807, 2.05) is 30.3 Å². The number of carbonyl (C=O) groups is 3. The number of rotatable bonds is 12. The Balaban J connectivity index is 1.67. The number of nitrogens with one attached hydrogen (secondary N) is 2. The summed E-state index contributed by atoms with van der Waals surface area (Å²) in [5.74, 6) is -0.801. The SMILES string of the molecule is NCCN(CCN)C(=O)C[C@H](N)C(=O)N[C@@H](CC1CCCCC1)C(=O)Nc1cnc2ccccc2c1. The molecule has 2 atom stereocenters. The number of nitrogens with zero attached hydrogens (tertiary/aromatic N) is 2. The van der Waals surface area contributed by atoms with Gasteiger partial charge >= 0.3 is 0 Å². The Labute approximate surface area is 212 Å². The minimum absolute atomic E-state index is 0.182. The first-order valence-electron chi connectivity index (χ1n) is 12.8. The first kappa shape index (κ1) is 27.5. The van der Waals surface area contributed by atoms with E-state index in [2.05, 4.69) is 15.6 Å². The fourth-order valence-corrected chi connectivity index (χ4v) is 4.72. The van der Waals surface area contributed by atoms with Crippen LogP contribution in [-0.4, -0.2) is 65.9 Å². The number of hydrogen-bond donors (Lipinski definition) is 5. The van der Waals surface area contributed by atoms with Crippen molar-refractivity contribution in [2.45, 2.75) is 57.0 Å². The van der Waals surface area contributed by atoms with E-state index in [4.69, 9.17) is 17.2 Å². The molecule has 1 saturated carbocycles. The average Bonchev–Trinajstić information content (AvgIpc) is 2.88. The molecule has 10 heteroatoms. The van der Waals surface area contributed by atoms with Crippen molar-refractivity contribution in [1.82, 2.24) is 15.2 Å². The van der Waals surface area contributed by atoms with E-state index in [1.165, 1.54) is 11.3 Å². The van der Waals surface area contributed by atoms with Crippen LogP contribution in [0.3, 0.4) is 0 Å². The van der Waals surface area contributed by atoms with Crippen molar-refractivity contribution in [2.24, 2.45) is 23.1 Å². The third-order valence-corrected chi connectivity index (χ3v) is 6.67. The van der Waals surface area contributed by atoms with E-state index in [0.717, 1.165) is 36.6 Å². The summed E-state index contributed by atoms with van der Waals surface area (Å²) in [6, 6.07) is 7.64. The summed E-state index contributed by atoms with van der Waals surface area (Å²) in [5, 5.41) is 6.62. The zero-order chi connectivity index (χ0) is 25.9. The van der Waals surface area contributed by atoms with Gasteiger partial charge < -0.3 is 32.7 Å². The first-order valence-corrected chi connectivity index (χ1v) is 12.8. The van der Waals surface area contributed by atoms with Crippen LogP contribution in [0.2, 0.25) is 0 Å². The lowest BCUT2D eigenvalue weighted by Gasteiger charge is -2.28. The van der Waals surface area contributed by atoms with Gasteiger partial charge in [0.15, 0.2) is 0 Å². The van der Waals surface area contributed by atoms with Gasteiger partial charge in [-0.2, -0.15) is 0 Å². The molecular formula is C26H39N7O3. The molecule has 3 rings (SSSR count). The molecule has 0 unspecified atom stereocenters. The maximum Gasteiger partial charge on any atom is 0.247 e. The normalized spacial score (nSPS) is 15.8. The zero-order valence-corrected chi connectivity index (χ0v) is 20.8. The molecule has 10 nitrogen and oxygen atoms in total. The Morgan fingerprint density at radius 1 is 1.03 bits per heavy atom. The smallest absolute Gasteiger partial charge is 0.247 e. The molecule has 8 N–H and O–H groups in total. The summed E-state index contributed by atoms with van der Waals surface area (Å²) in [6.45, 7) is 1.27. The summed E-state index contributed by atoms with van der Waals surface area (Å²) in [5.41, 5.74) is 18.6. The highest BCUT2D eigenvalue weighted by molar-refractivity contribution is 5.99. The van der Waals surface area contributed by atoms with Crippen LogP contribution in [0.1, 0.15) is 44.9 Å². The summed E-state index contributed by atoms with van der Waals surface area (Å²) in [6.07, 6.45) is 7.42. The standard InChI is InChI=1S/C26H39N7O3/c27-10-12-33(13-11-28)24(34)16-21(29)25(35)32-23(14-18-6-2-1-3-7-18)26(36)31-20-15-19-8-4-5-9-22(19)30-17-20/h4-5,8-9,15,17-18,21,23H,1-3,6-7,10-14,16,27-29H2,(H,31,36)(H,32,35)/t21-,23-/m0/s1. The van der Waals surface area contributed by atoms with Crippen molar-refractivity contribution in [3.05, 3.63) is 36.5 Å². The van der Waals surface area contributed by atoms with Crippen LogP contribution < -0.4 is 27.8 Å². The summed E-state index contributed by atoms with van der Waals surface area (Å²) in [4.78, 5) is 44.7. The molecule has 1 aliphatic carbocycles. The fraction of sp³-hybridized carbons (Fsp3) is 0.538. The average molecular weight is 498 g/mol. The minimum Gasteiger partial charge on any atom is -0.343 e. The minimum atomic E-state index is -1.08. The Morgan fingerprint density at radius 2 is 1.72 bits per heavy atom. The molecule has 1 aliphatic rings. The predicted molar refractivity (Wildman–Crippen MR) is 141 cm³/mol. The van der Waals surface area contributed by atoms with Crippen molar-refractivity contribution < 1.29 is 14.4 Å². The Kier molecular flexibility index (Phi) is 10.6. The highest BCUT2D eigenvalue weighted by Gasteiger charge is 2.29. The van der Waals surface area contributed by atoms with Gasteiger partial charge in [0, 0.05) is 31.6 Å². The largest absolute Gasteiger partial charge is 0.343 e. The predicted octanol–water partition coefficient (Wildman–Crippen LogP) is 1.09.